The molecule has 6 aromatic carbocycles. The number of aromatic nitrogens is 12. The summed E-state index contributed by atoms with van der Waals surface area (Å²) in [5, 5.41) is 26.0. The summed E-state index contributed by atoms with van der Waals surface area (Å²) in [5.74, 6) is 19.1. The number of anilines is 6. The number of hydrogen-bond acceptors (Lipinski definition) is 13. The number of hydrogen-bond donors (Lipinski definition) is 0. The number of benzene rings is 6. The second kappa shape index (κ2) is 23.8. The lowest BCUT2D eigenvalue weighted by molar-refractivity contribution is -0.0294. The van der Waals surface area contributed by atoms with Gasteiger partial charge in [-0.05, 0) is 170 Å². The van der Waals surface area contributed by atoms with Crippen LogP contribution >= 0.6 is 0 Å². The van der Waals surface area contributed by atoms with Gasteiger partial charge in [0.1, 0.15) is 53.9 Å². The average Bonchev–Trinajstić information content (AvgIpc) is 1.20. The molecule has 16 nitrogen and oxygen atoms in total. The molecule has 21 heteroatoms. The minimum atomic E-state index is -2.82. The van der Waals surface area contributed by atoms with Gasteiger partial charge in [-0.3, -0.25) is 13.2 Å². The zero-order valence-electron chi connectivity index (χ0n) is 52.9. The SMILES string of the molecule is CC(C)(C)C#Cc1cccc2c1CCCN2c1nc2nncn2c2c(F)cccc12.CC(C)(C)C#Cc1cccc2c1OCCCN2c1nc2nncn2c2c(F)cccc12.CC(F)(F)C1(C#Cc2cccc3c2CCCN3c2nc3nncn3c3c(F)cccc23)CC1. The Morgan fingerprint density at radius 2 is 0.840 bits per heavy atom. The molecule has 94 heavy (non-hydrogen) atoms. The third-order valence-corrected chi connectivity index (χ3v) is 17.1. The number of fused-ring (bicyclic) bond motifs is 12. The molecule has 1 saturated carbocycles. The van der Waals surface area contributed by atoms with Gasteiger partial charge in [-0.15, -0.1) is 30.6 Å². The summed E-state index contributed by atoms with van der Waals surface area (Å²) in [6, 6.07) is 32.8. The van der Waals surface area contributed by atoms with Crippen molar-refractivity contribution in [3.05, 3.63) is 173 Å². The van der Waals surface area contributed by atoms with E-state index in [1.165, 1.54) is 42.7 Å². The molecule has 0 saturated heterocycles. The van der Waals surface area contributed by atoms with Gasteiger partial charge in [0.05, 0.1) is 39.8 Å². The van der Waals surface area contributed by atoms with Crippen LogP contribution in [0, 0.1) is 69.2 Å². The Labute approximate surface area is 538 Å². The summed E-state index contributed by atoms with van der Waals surface area (Å²) in [6.45, 7) is 16.2. The van der Waals surface area contributed by atoms with E-state index in [4.69, 9.17) is 19.7 Å². The van der Waals surface area contributed by atoms with Crippen molar-refractivity contribution in [1.82, 2.24) is 58.7 Å². The zero-order chi connectivity index (χ0) is 65.3. The van der Waals surface area contributed by atoms with Crippen molar-refractivity contribution in [3.63, 3.8) is 0 Å². The van der Waals surface area contributed by atoms with Gasteiger partial charge in [0.2, 0.25) is 0 Å². The molecule has 1 fully saturated rings. The highest BCUT2D eigenvalue weighted by atomic mass is 19.3. The second-order valence-corrected chi connectivity index (χ2v) is 26.1. The van der Waals surface area contributed by atoms with Crippen LogP contribution in [0.15, 0.2) is 128 Å². The number of nitrogens with zero attached hydrogens (tertiary/aromatic N) is 15. The van der Waals surface area contributed by atoms with Crippen LogP contribution in [-0.4, -0.2) is 90.9 Å². The molecule has 4 aliphatic rings. The molecular weight excluding hydrogens is 1200 g/mol. The lowest BCUT2D eigenvalue weighted by atomic mass is 9.93. The van der Waals surface area contributed by atoms with Crippen LogP contribution < -0.4 is 19.4 Å². The molecule has 3 aliphatic heterocycles. The molecule has 0 N–H and O–H groups in total. The summed E-state index contributed by atoms with van der Waals surface area (Å²) >= 11 is 0. The minimum Gasteiger partial charge on any atom is -0.490 e. The van der Waals surface area contributed by atoms with Crippen molar-refractivity contribution in [3.8, 4) is 41.3 Å². The Kier molecular flexibility index (Phi) is 15.4. The van der Waals surface area contributed by atoms with E-state index < -0.39 is 11.3 Å². The quantitative estimate of drug-likeness (QED) is 0.122. The predicted molar refractivity (Wildman–Crippen MR) is 354 cm³/mol. The van der Waals surface area contributed by atoms with Crippen molar-refractivity contribution in [1.29, 1.82) is 0 Å². The Balaban J connectivity index is 0.000000122. The van der Waals surface area contributed by atoms with E-state index in [1.807, 2.05) is 65.6 Å². The van der Waals surface area contributed by atoms with Gasteiger partial charge in [0.15, 0.2) is 5.75 Å². The fraction of sp³-hybridized carbons (Fsp3) is 0.301. The third kappa shape index (κ3) is 11.4. The molecule has 12 aromatic rings. The first-order chi connectivity index (χ1) is 45.2. The number of rotatable bonds is 4. The first-order valence-electron chi connectivity index (χ1n) is 31.4. The van der Waals surface area contributed by atoms with Gasteiger partial charge >= 0.3 is 0 Å². The van der Waals surface area contributed by atoms with Crippen LogP contribution in [0.2, 0.25) is 0 Å². The van der Waals surface area contributed by atoms with E-state index in [1.54, 1.807) is 31.4 Å². The van der Waals surface area contributed by atoms with Crippen LogP contribution in [0.25, 0.3) is 50.0 Å². The number of para-hydroxylation sites is 4. The summed E-state index contributed by atoms with van der Waals surface area (Å²) < 4.78 is 83.3. The third-order valence-electron chi connectivity index (χ3n) is 17.1. The predicted octanol–water partition coefficient (Wildman–Crippen LogP) is 14.9. The van der Waals surface area contributed by atoms with Gasteiger partial charge in [-0.25, -0.2) is 22.0 Å². The summed E-state index contributed by atoms with van der Waals surface area (Å²) in [7, 11) is 0. The first kappa shape index (κ1) is 60.8. The van der Waals surface area contributed by atoms with E-state index in [0.29, 0.717) is 94.6 Å². The maximum Gasteiger partial charge on any atom is 0.261 e. The zero-order valence-corrected chi connectivity index (χ0v) is 52.9. The topological polar surface area (TPSA) is 148 Å². The first-order valence-corrected chi connectivity index (χ1v) is 31.4. The van der Waals surface area contributed by atoms with E-state index in [0.717, 1.165) is 96.0 Å². The fourth-order valence-electron chi connectivity index (χ4n) is 12.4. The number of ether oxygens (including phenoxy) is 1. The van der Waals surface area contributed by atoms with Crippen LogP contribution in [0.5, 0.6) is 5.75 Å². The fourth-order valence-corrected chi connectivity index (χ4v) is 12.4. The molecule has 16 rings (SSSR count). The van der Waals surface area contributed by atoms with Crippen LogP contribution in [0.1, 0.15) is 108 Å². The minimum absolute atomic E-state index is 0.0644. The molecule has 6 aromatic heterocycles. The molecule has 0 unspecified atom stereocenters. The maximum atomic E-state index is 14.8. The second-order valence-electron chi connectivity index (χ2n) is 26.1. The van der Waals surface area contributed by atoms with Crippen molar-refractivity contribution in [2.45, 2.75) is 99.3 Å². The summed E-state index contributed by atoms with van der Waals surface area (Å²) in [5.41, 5.74) is 7.51. The largest absolute Gasteiger partial charge is 0.490 e. The summed E-state index contributed by atoms with van der Waals surface area (Å²) in [6.07, 6.45) is 9.61. The lowest BCUT2D eigenvalue weighted by Gasteiger charge is -2.32. The molecule has 0 radical (unpaired) electrons. The van der Waals surface area contributed by atoms with Crippen molar-refractivity contribution < 1.29 is 26.7 Å². The van der Waals surface area contributed by atoms with Gasteiger partial charge in [-0.2, -0.15) is 15.0 Å². The highest BCUT2D eigenvalue weighted by Crippen LogP contribution is 2.56. The van der Waals surface area contributed by atoms with Crippen LogP contribution in [0.3, 0.4) is 0 Å². The molecule has 9 heterocycles. The van der Waals surface area contributed by atoms with Gasteiger partial charge in [-0.1, -0.05) is 71.9 Å². The molecular formula is C73H64F5N15O. The van der Waals surface area contributed by atoms with Crippen LogP contribution in [0.4, 0.5) is 56.5 Å². The maximum absolute atomic E-state index is 14.8. The monoisotopic (exact) mass is 1260 g/mol. The average molecular weight is 1260 g/mol. The molecule has 0 bridgehead atoms. The molecule has 1 aliphatic carbocycles. The van der Waals surface area contributed by atoms with Crippen molar-refractivity contribution >= 4 is 84.6 Å². The van der Waals surface area contributed by atoms with Gasteiger partial charge in [0, 0.05) is 76.0 Å². The molecule has 0 amide bonds. The van der Waals surface area contributed by atoms with Crippen molar-refractivity contribution in [2.75, 3.05) is 40.9 Å². The number of alkyl halides is 2. The Hall–Kier alpha value is -10.7. The highest BCUT2D eigenvalue weighted by Gasteiger charge is 2.58. The highest BCUT2D eigenvalue weighted by molar-refractivity contribution is 5.97. The Bertz CT molecular complexity index is 5190. The standard InChI is InChI=1S/C25H20F3N5.C24H22FN5O.C24H22FN5/c1-24(27,28)25(12-13-25)11-10-16-5-2-9-20-17(16)7-4-14-32(20)22-18-6-3-8-19(26)21(18)33-15-29-31-23(33)30-22;1-24(2,3)12-11-16-7-4-10-19-21(16)31-14-6-13-29(19)22-17-8-5-9-18(25)20(17)30-15-26-28-23(30)27-22;1-24(2,3)13-12-16-7-4-11-20-17(16)9-6-14-29(20)22-18-8-5-10-19(25)21(18)30-15-26-28-23(30)27-22/h2-3,5-6,8-9,15H,4,7,12-14H2,1H3;4-5,7-10,15H,6,13-14H2,1-3H3;4-5,7-8,10-11,15H,6,9,14H2,1-3H3. The smallest absolute Gasteiger partial charge is 0.261 e. The van der Waals surface area contributed by atoms with E-state index in [-0.39, 0.29) is 28.3 Å². The number of halogens is 5. The Morgan fingerprint density at radius 1 is 0.457 bits per heavy atom. The molecule has 0 atom stereocenters. The van der Waals surface area contributed by atoms with Gasteiger partial charge in [0.25, 0.3) is 23.3 Å². The van der Waals surface area contributed by atoms with Gasteiger partial charge < -0.3 is 19.4 Å². The van der Waals surface area contributed by atoms with E-state index in [9.17, 15) is 22.0 Å². The Morgan fingerprint density at radius 3 is 1.27 bits per heavy atom. The van der Waals surface area contributed by atoms with E-state index in [2.05, 4.69) is 130 Å². The summed E-state index contributed by atoms with van der Waals surface area (Å²) in [4.78, 5) is 20.5. The van der Waals surface area contributed by atoms with Crippen LogP contribution in [-0.2, 0) is 12.8 Å². The molecule has 472 valence electrons. The van der Waals surface area contributed by atoms with Crippen molar-refractivity contribution in [2.24, 2.45) is 16.2 Å². The normalized spacial score (nSPS) is 15.0. The molecule has 0 spiro atoms. The lowest BCUT2D eigenvalue weighted by Crippen LogP contribution is -2.26. The van der Waals surface area contributed by atoms with E-state index >= 15 is 0 Å².